The summed E-state index contributed by atoms with van der Waals surface area (Å²) in [6.45, 7) is 6.17. The lowest BCUT2D eigenvalue weighted by molar-refractivity contribution is 0.188. The Balaban J connectivity index is 1.99. The summed E-state index contributed by atoms with van der Waals surface area (Å²) in [4.78, 5) is 13.6. The summed E-state index contributed by atoms with van der Waals surface area (Å²) in [5, 5.41) is 19.6. The molecule has 0 aliphatic carbocycles. The van der Waals surface area contributed by atoms with Crippen LogP contribution in [0.5, 0.6) is 0 Å². The van der Waals surface area contributed by atoms with Gasteiger partial charge in [-0.2, -0.15) is 5.26 Å². The van der Waals surface area contributed by atoms with Gasteiger partial charge in [-0.05, 0) is 13.2 Å². The number of aliphatic hydroxyl groups excluding tert-OH is 1. The standard InChI is InChI=1S/C19H23N5OS/c1-14-3-5-15(6-4-14)17-16(13-20)18(22-19(21-17)26-2)24-9-7-23(8-10-24)11-12-25/h3-6,25H,7-12H2,1-2H3. The molecule has 1 fully saturated rings. The molecule has 7 heteroatoms. The monoisotopic (exact) mass is 369 g/mol. The number of aryl methyl sites for hydroxylation is 1. The van der Waals surface area contributed by atoms with Gasteiger partial charge < -0.3 is 10.0 Å². The minimum Gasteiger partial charge on any atom is -0.395 e. The Bertz CT molecular complexity index is 795. The average molecular weight is 369 g/mol. The molecule has 0 bridgehead atoms. The van der Waals surface area contributed by atoms with Crippen molar-refractivity contribution in [3.63, 3.8) is 0 Å². The van der Waals surface area contributed by atoms with Crippen LogP contribution in [0.15, 0.2) is 29.4 Å². The lowest BCUT2D eigenvalue weighted by Gasteiger charge is -2.35. The highest BCUT2D eigenvalue weighted by molar-refractivity contribution is 7.98. The first kappa shape index (κ1) is 18.6. The number of benzene rings is 1. The Morgan fingerprint density at radius 2 is 1.85 bits per heavy atom. The zero-order valence-corrected chi connectivity index (χ0v) is 16.0. The smallest absolute Gasteiger partial charge is 0.189 e. The van der Waals surface area contributed by atoms with Crippen LogP contribution in [0, 0.1) is 18.3 Å². The number of nitrogens with zero attached hydrogens (tertiary/aromatic N) is 5. The van der Waals surface area contributed by atoms with Crippen LogP contribution in [0.4, 0.5) is 5.82 Å². The van der Waals surface area contributed by atoms with E-state index in [1.807, 2.05) is 37.4 Å². The molecule has 0 spiro atoms. The predicted molar refractivity (Wildman–Crippen MR) is 104 cm³/mol. The van der Waals surface area contributed by atoms with E-state index in [2.05, 4.69) is 25.8 Å². The second kappa shape index (κ2) is 8.49. The van der Waals surface area contributed by atoms with E-state index in [1.54, 1.807) is 0 Å². The fraction of sp³-hybridized carbons (Fsp3) is 0.421. The molecule has 0 atom stereocenters. The SMILES string of the molecule is CSc1nc(-c2ccc(C)cc2)c(C#N)c(N2CCN(CCO)CC2)n1. The van der Waals surface area contributed by atoms with E-state index in [0.29, 0.717) is 28.8 Å². The molecule has 136 valence electrons. The number of β-amino-alcohol motifs (C(OH)–C–C–N with tert-alkyl or cyclic N) is 1. The van der Waals surface area contributed by atoms with Crippen LogP contribution in [0.25, 0.3) is 11.3 Å². The summed E-state index contributed by atoms with van der Waals surface area (Å²) >= 11 is 1.49. The third-order valence-corrected chi connectivity index (χ3v) is 5.12. The number of rotatable bonds is 5. The summed E-state index contributed by atoms with van der Waals surface area (Å²) in [6, 6.07) is 10.4. The van der Waals surface area contributed by atoms with Crippen molar-refractivity contribution in [3.8, 4) is 17.3 Å². The Kier molecular flexibility index (Phi) is 6.09. The molecule has 0 amide bonds. The van der Waals surface area contributed by atoms with E-state index in [-0.39, 0.29) is 6.61 Å². The number of anilines is 1. The molecule has 0 unspecified atom stereocenters. The Hall–Kier alpha value is -2.14. The number of hydrogen-bond acceptors (Lipinski definition) is 7. The highest BCUT2D eigenvalue weighted by atomic mass is 32.2. The molecule has 1 N–H and O–H groups in total. The predicted octanol–water partition coefficient (Wildman–Crippen LogP) is 2.16. The summed E-state index contributed by atoms with van der Waals surface area (Å²) in [5.74, 6) is 0.714. The van der Waals surface area contributed by atoms with Crippen LogP contribution < -0.4 is 4.90 Å². The van der Waals surface area contributed by atoms with Crippen molar-refractivity contribution in [2.45, 2.75) is 12.1 Å². The van der Waals surface area contributed by atoms with Gasteiger partial charge in [0.2, 0.25) is 0 Å². The highest BCUT2D eigenvalue weighted by Crippen LogP contribution is 2.31. The number of piperazine rings is 1. The maximum atomic E-state index is 9.84. The largest absolute Gasteiger partial charge is 0.395 e. The molecular formula is C19H23N5OS. The first-order chi connectivity index (χ1) is 12.7. The third-order valence-electron chi connectivity index (χ3n) is 4.58. The van der Waals surface area contributed by atoms with Crippen molar-refractivity contribution >= 4 is 17.6 Å². The number of hydrogen-bond donors (Lipinski definition) is 1. The van der Waals surface area contributed by atoms with Gasteiger partial charge in [-0.15, -0.1) is 0 Å². The lowest BCUT2D eigenvalue weighted by atomic mass is 10.0. The Labute approximate surface area is 158 Å². The Morgan fingerprint density at radius 1 is 1.15 bits per heavy atom. The normalized spacial score (nSPS) is 15.1. The number of aromatic nitrogens is 2. The fourth-order valence-corrected chi connectivity index (χ4v) is 3.46. The summed E-state index contributed by atoms with van der Waals surface area (Å²) in [6.07, 6.45) is 1.95. The molecule has 0 radical (unpaired) electrons. The summed E-state index contributed by atoms with van der Waals surface area (Å²) in [7, 11) is 0. The molecule has 1 aromatic carbocycles. The van der Waals surface area contributed by atoms with Crippen molar-refractivity contribution < 1.29 is 5.11 Å². The van der Waals surface area contributed by atoms with Gasteiger partial charge in [0.15, 0.2) is 11.0 Å². The maximum absolute atomic E-state index is 9.84. The fourth-order valence-electron chi connectivity index (χ4n) is 3.10. The second-order valence-corrected chi connectivity index (χ2v) is 7.06. The topological polar surface area (TPSA) is 76.3 Å². The van der Waals surface area contributed by atoms with Crippen molar-refractivity contribution in [1.82, 2.24) is 14.9 Å². The minimum absolute atomic E-state index is 0.172. The van der Waals surface area contributed by atoms with Crippen molar-refractivity contribution in [3.05, 3.63) is 35.4 Å². The van der Waals surface area contributed by atoms with E-state index in [0.717, 1.165) is 31.7 Å². The van der Waals surface area contributed by atoms with Gasteiger partial charge in [0.05, 0.1) is 12.3 Å². The van der Waals surface area contributed by atoms with E-state index >= 15 is 0 Å². The van der Waals surface area contributed by atoms with Crippen LogP contribution >= 0.6 is 11.8 Å². The molecule has 1 aliphatic heterocycles. The zero-order valence-electron chi connectivity index (χ0n) is 15.1. The molecule has 1 aliphatic rings. The van der Waals surface area contributed by atoms with Gasteiger partial charge in [0, 0.05) is 38.3 Å². The van der Waals surface area contributed by atoms with Gasteiger partial charge in [0.1, 0.15) is 11.6 Å². The van der Waals surface area contributed by atoms with Crippen LogP contribution in [-0.2, 0) is 0 Å². The molecule has 0 saturated carbocycles. The highest BCUT2D eigenvalue weighted by Gasteiger charge is 2.24. The van der Waals surface area contributed by atoms with Crippen LogP contribution in [-0.4, -0.2) is 65.6 Å². The minimum atomic E-state index is 0.172. The van der Waals surface area contributed by atoms with Crippen LogP contribution in [0.3, 0.4) is 0 Å². The van der Waals surface area contributed by atoms with Crippen molar-refractivity contribution in [1.29, 1.82) is 5.26 Å². The molecule has 26 heavy (non-hydrogen) atoms. The van der Waals surface area contributed by atoms with Crippen molar-refractivity contribution in [2.24, 2.45) is 0 Å². The quantitative estimate of drug-likeness (QED) is 0.639. The van der Waals surface area contributed by atoms with Gasteiger partial charge >= 0.3 is 0 Å². The summed E-state index contributed by atoms with van der Waals surface area (Å²) in [5.41, 5.74) is 3.33. The first-order valence-corrected chi connectivity index (χ1v) is 9.90. The van der Waals surface area contributed by atoms with Gasteiger partial charge in [-0.3, -0.25) is 4.90 Å². The summed E-state index contributed by atoms with van der Waals surface area (Å²) < 4.78 is 0. The number of thioether (sulfide) groups is 1. The Morgan fingerprint density at radius 3 is 2.42 bits per heavy atom. The zero-order chi connectivity index (χ0) is 18.5. The molecule has 2 heterocycles. The average Bonchev–Trinajstić information content (AvgIpc) is 2.68. The van der Waals surface area contributed by atoms with E-state index in [4.69, 9.17) is 5.11 Å². The number of aliphatic hydroxyl groups is 1. The van der Waals surface area contributed by atoms with E-state index < -0.39 is 0 Å². The molecule has 3 rings (SSSR count). The van der Waals surface area contributed by atoms with Gasteiger partial charge in [-0.1, -0.05) is 41.6 Å². The van der Waals surface area contributed by atoms with Crippen molar-refractivity contribution in [2.75, 3.05) is 50.5 Å². The van der Waals surface area contributed by atoms with E-state index in [9.17, 15) is 5.26 Å². The first-order valence-electron chi connectivity index (χ1n) is 8.67. The van der Waals surface area contributed by atoms with Crippen LogP contribution in [0.2, 0.25) is 0 Å². The second-order valence-electron chi connectivity index (χ2n) is 6.29. The van der Waals surface area contributed by atoms with E-state index in [1.165, 1.54) is 17.3 Å². The van der Waals surface area contributed by atoms with Gasteiger partial charge in [-0.25, -0.2) is 9.97 Å². The molecule has 1 saturated heterocycles. The maximum Gasteiger partial charge on any atom is 0.189 e. The molecule has 2 aromatic rings. The van der Waals surface area contributed by atoms with Gasteiger partial charge in [0.25, 0.3) is 0 Å². The number of nitriles is 1. The molecular weight excluding hydrogens is 346 g/mol. The third kappa shape index (κ3) is 3.98. The molecule has 1 aromatic heterocycles. The lowest BCUT2D eigenvalue weighted by Crippen LogP contribution is -2.47. The van der Waals surface area contributed by atoms with Crippen LogP contribution in [0.1, 0.15) is 11.1 Å². The molecule has 6 nitrogen and oxygen atoms in total.